The van der Waals surface area contributed by atoms with E-state index in [0.29, 0.717) is 0 Å². The number of pyridine rings is 2. The average Bonchev–Trinajstić information content (AvgIpc) is 2.89. The molecular weight excluding hydrogens is 609 g/mol. The molecule has 0 fully saturated rings. The molecule has 35 heavy (non-hydrogen) atoms. The Bertz CT molecular complexity index is 1400. The summed E-state index contributed by atoms with van der Waals surface area (Å²) in [4.78, 5) is 12.6. The fourth-order valence-electron chi connectivity index (χ4n) is 4.96. The Balaban J connectivity index is 0.00000127. The van der Waals surface area contributed by atoms with E-state index in [1.165, 1.54) is 27.9 Å². The molecule has 0 bridgehead atoms. The van der Waals surface area contributed by atoms with Gasteiger partial charge in [-0.1, -0.05) is 42.5 Å². The molecule has 2 aromatic heterocycles. The second kappa shape index (κ2) is 9.24. The largest absolute Gasteiger partial charge is 0.358 e. The van der Waals surface area contributed by atoms with Crippen LogP contribution in [0.4, 0.5) is 17.3 Å². The van der Waals surface area contributed by atoms with Gasteiger partial charge in [-0.3, -0.25) is 14.9 Å². The molecule has 0 aliphatic carbocycles. The molecule has 0 amide bonds. The van der Waals surface area contributed by atoms with E-state index < -0.39 is 0 Å². The Labute approximate surface area is 220 Å². The van der Waals surface area contributed by atoms with Crippen molar-refractivity contribution in [2.24, 2.45) is 0 Å². The molecule has 0 radical (unpaired) electrons. The van der Waals surface area contributed by atoms with Crippen LogP contribution in [0.25, 0.3) is 22.5 Å². The van der Waals surface area contributed by atoms with Crippen molar-refractivity contribution in [3.63, 3.8) is 0 Å². The van der Waals surface area contributed by atoms with Gasteiger partial charge < -0.3 is 7.43 Å². The standard InChI is InChI=1S/C30H19N3.CH3.Pt/c1-3-8-20(9-4-1)26-16-14-24-18-22-12-7-13-23-19-25-15-17-27(21-10-5-2-6-11-21)32-30(25)33(28(22)23)29(24)31-26;;/h1-8,10,12-17H,18-19H2;1H3;/q-2;-1;. The van der Waals surface area contributed by atoms with Crippen molar-refractivity contribution in [3.8, 4) is 22.5 Å². The second-order valence-corrected chi connectivity index (χ2v) is 8.52. The number of para-hydroxylation sites is 1. The summed E-state index contributed by atoms with van der Waals surface area (Å²) in [5.74, 6) is 1.93. The second-order valence-electron chi connectivity index (χ2n) is 8.52. The number of hydrogen-bond donors (Lipinski definition) is 0. The summed E-state index contributed by atoms with van der Waals surface area (Å²) in [6, 6.07) is 37.9. The first-order chi connectivity index (χ1) is 16.3. The smallest absolute Gasteiger partial charge is 0.133 e. The molecule has 0 spiro atoms. The Morgan fingerprint density at radius 2 is 1.09 bits per heavy atom. The van der Waals surface area contributed by atoms with Gasteiger partial charge in [0, 0.05) is 33.9 Å². The van der Waals surface area contributed by atoms with Crippen molar-refractivity contribution in [1.82, 2.24) is 9.97 Å². The molecule has 3 aromatic carbocycles. The Hall–Kier alpha value is -3.55. The summed E-state index contributed by atoms with van der Waals surface area (Å²) in [7, 11) is 0. The van der Waals surface area contributed by atoms with Gasteiger partial charge in [0.25, 0.3) is 0 Å². The minimum absolute atomic E-state index is 0. The average molecular weight is 632 g/mol. The number of anilines is 3. The number of aromatic nitrogens is 2. The number of hydrogen-bond acceptors (Lipinski definition) is 3. The van der Waals surface area contributed by atoms with E-state index in [9.17, 15) is 0 Å². The first kappa shape index (κ1) is 23.2. The van der Waals surface area contributed by atoms with E-state index in [1.54, 1.807) is 0 Å². The van der Waals surface area contributed by atoms with Crippen LogP contribution in [0.2, 0.25) is 0 Å². The molecule has 0 N–H and O–H groups in total. The van der Waals surface area contributed by atoms with Crippen molar-refractivity contribution in [3.05, 3.63) is 133 Å². The molecule has 3 nitrogen and oxygen atoms in total. The molecule has 2 aliphatic heterocycles. The zero-order valence-electron chi connectivity index (χ0n) is 19.2. The van der Waals surface area contributed by atoms with Crippen LogP contribution in [0.3, 0.4) is 0 Å². The molecule has 5 aromatic rings. The van der Waals surface area contributed by atoms with Crippen LogP contribution in [-0.2, 0) is 33.9 Å². The number of rotatable bonds is 2. The summed E-state index contributed by atoms with van der Waals surface area (Å²) >= 11 is 0. The monoisotopic (exact) mass is 631 g/mol. The van der Waals surface area contributed by atoms with Crippen LogP contribution in [0.1, 0.15) is 22.3 Å². The van der Waals surface area contributed by atoms with E-state index >= 15 is 0 Å². The van der Waals surface area contributed by atoms with Gasteiger partial charge in [0.15, 0.2) is 0 Å². The van der Waals surface area contributed by atoms with E-state index in [0.717, 1.165) is 47.0 Å². The summed E-state index contributed by atoms with van der Waals surface area (Å²) in [6.45, 7) is 0. The maximum absolute atomic E-state index is 5.16. The molecule has 0 atom stereocenters. The third-order valence-corrected chi connectivity index (χ3v) is 6.49. The van der Waals surface area contributed by atoms with Crippen LogP contribution >= 0.6 is 0 Å². The maximum atomic E-state index is 5.16. The summed E-state index contributed by atoms with van der Waals surface area (Å²) in [5.41, 5.74) is 10.2. The van der Waals surface area contributed by atoms with E-state index in [2.05, 4.69) is 71.6 Å². The Morgan fingerprint density at radius 1 is 0.571 bits per heavy atom. The summed E-state index contributed by atoms with van der Waals surface area (Å²) in [5, 5.41) is 0. The summed E-state index contributed by atoms with van der Waals surface area (Å²) < 4.78 is 0. The van der Waals surface area contributed by atoms with E-state index in [1.807, 2.05) is 36.4 Å². The van der Waals surface area contributed by atoms with Crippen LogP contribution in [-0.4, -0.2) is 9.97 Å². The minimum Gasteiger partial charge on any atom is -0.358 e. The Morgan fingerprint density at radius 3 is 1.54 bits per heavy atom. The van der Waals surface area contributed by atoms with Crippen molar-refractivity contribution >= 4 is 17.3 Å². The zero-order valence-corrected chi connectivity index (χ0v) is 21.5. The van der Waals surface area contributed by atoms with Crippen molar-refractivity contribution in [2.45, 2.75) is 12.8 Å². The summed E-state index contributed by atoms with van der Waals surface area (Å²) in [6.07, 6.45) is 1.75. The van der Waals surface area contributed by atoms with Gasteiger partial charge in [-0.25, -0.2) is 0 Å². The van der Waals surface area contributed by atoms with Crippen LogP contribution in [0.5, 0.6) is 0 Å². The topological polar surface area (TPSA) is 29.0 Å². The fraction of sp³-hybridized carbons (Fsp3) is 0.0645. The molecular formula is C31H22N3Pt-3. The first-order valence-electron chi connectivity index (χ1n) is 11.2. The molecule has 0 saturated carbocycles. The van der Waals surface area contributed by atoms with Crippen molar-refractivity contribution < 1.29 is 21.1 Å². The third kappa shape index (κ3) is 3.81. The zero-order chi connectivity index (χ0) is 21.8. The van der Waals surface area contributed by atoms with Gasteiger partial charge in [0.2, 0.25) is 0 Å². The molecule has 7 rings (SSSR count). The van der Waals surface area contributed by atoms with Gasteiger partial charge in [0.05, 0.1) is 5.69 Å². The quantitative estimate of drug-likeness (QED) is 0.190. The van der Waals surface area contributed by atoms with Gasteiger partial charge in [-0.15, -0.1) is 71.8 Å². The van der Waals surface area contributed by atoms with Crippen LogP contribution in [0, 0.1) is 19.6 Å². The fourth-order valence-corrected chi connectivity index (χ4v) is 4.96. The van der Waals surface area contributed by atoms with Gasteiger partial charge in [-0.05, 0) is 33.6 Å². The first-order valence-corrected chi connectivity index (χ1v) is 11.2. The van der Waals surface area contributed by atoms with Gasteiger partial charge in [-0.2, -0.15) is 0 Å². The molecule has 0 saturated heterocycles. The molecule has 0 unspecified atom stereocenters. The SMILES string of the molecule is [CH3-].[Pt].[c-]1ccccc1-c1ccc2c(n1)N1c3nc(-c4[c-]cccc4)ccc3Cc3cccc(c31)C2. The van der Waals surface area contributed by atoms with Crippen molar-refractivity contribution in [2.75, 3.05) is 4.90 Å². The predicted octanol–water partition coefficient (Wildman–Crippen LogP) is 7.14. The van der Waals surface area contributed by atoms with Crippen LogP contribution < -0.4 is 4.90 Å². The van der Waals surface area contributed by atoms with E-state index in [4.69, 9.17) is 9.97 Å². The molecule has 4 heteroatoms. The number of fused-ring (bicyclic) bond motifs is 4. The normalized spacial score (nSPS) is 12.4. The third-order valence-electron chi connectivity index (χ3n) is 6.49. The van der Waals surface area contributed by atoms with Gasteiger partial charge >= 0.3 is 0 Å². The number of benzene rings is 3. The number of nitrogens with zero attached hydrogens (tertiary/aromatic N) is 3. The van der Waals surface area contributed by atoms with E-state index in [-0.39, 0.29) is 28.5 Å². The van der Waals surface area contributed by atoms with Gasteiger partial charge in [0.1, 0.15) is 11.6 Å². The Kier molecular flexibility index (Phi) is 6.13. The molecule has 4 heterocycles. The van der Waals surface area contributed by atoms with Crippen LogP contribution in [0.15, 0.2) is 91.0 Å². The maximum Gasteiger partial charge on any atom is 0.133 e. The minimum atomic E-state index is 0. The molecule has 2 aliphatic rings. The molecule has 174 valence electrons. The predicted molar refractivity (Wildman–Crippen MR) is 137 cm³/mol. The van der Waals surface area contributed by atoms with Crippen molar-refractivity contribution in [1.29, 1.82) is 0 Å².